The Labute approximate surface area is 126 Å². The van der Waals surface area contributed by atoms with Gasteiger partial charge in [-0.25, -0.2) is 9.37 Å². The van der Waals surface area contributed by atoms with Gasteiger partial charge in [-0.05, 0) is 36.4 Å². The van der Waals surface area contributed by atoms with Crippen LogP contribution in [0.5, 0.6) is 0 Å². The maximum absolute atomic E-state index is 13.1. The molecular formula is C16H16FN5. The Kier molecular flexibility index (Phi) is 3.50. The van der Waals surface area contributed by atoms with Gasteiger partial charge in [-0.1, -0.05) is 6.92 Å². The van der Waals surface area contributed by atoms with Gasteiger partial charge in [0, 0.05) is 23.7 Å². The topological polar surface area (TPSA) is 83.5 Å². The first-order valence-corrected chi connectivity index (χ1v) is 6.96. The molecule has 22 heavy (non-hydrogen) atoms. The first-order valence-electron chi connectivity index (χ1n) is 6.96. The minimum absolute atomic E-state index is 0.207. The van der Waals surface area contributed by atoms with Gasteiger partial charge >= 0.3 is 0 Å². The summed E-state index contributed by atoms with van der Waals surface area (Å²) in [7, 11) is 0. The molecule has 0 radical (unpaired) electrons. The van der Waals surface area contributed by atoms with Gasteiger partial charge in [-0.2, -0.15) is 0 Å². The van der Waals surface area contributed by atoms with Crippen molar-refractivity contribution in [2.75, 3.05) is 5.84 Å². The molecule has 0 aliphatic carbocycles. The molecule has 0 amide bonds. The fourth-order valence-electron chi connectivity index (χ4n) is 2.28. The third-order valence-corrected chi connectivity index (χ3v) is 3.47. The molecule has 0 saturated heterocycles. The van der Waals surface area contributed by atoms with Crippen molar-refractivity contribution in [2.45, 2.75) is 13.3 Å². The van der Waals surface area contributed by atoms with Crippen LogP contribution in [0.4, 0.5) is 4.39 Å². The second kappa shape index (κ2) is 5.48. The Hall–Kier alpha value is -2.89. The number of hydrogen-bond acceptors (Lipinski definition) is 3. The highest BCUT2D eigenvalue weighted by Crippen LogP contribution is 2.29. The SMILES string of the molecule is CCc1nc(-c2ccc(=N)n(N)c2)c(-c2ccc(F)cc2)[nH]1. The molecule has 0 atom stereocenters. The molecule has 1 aromatic carbocycles. The zero-order valence-electron chi connectivity index (χ0n) is 12.1. The lowest BCUT2D eigenvalue weighted by molar-refractivity contribution is 0.628. The number of aromatic nitrogens is 3. The van der Waals surface area contributed by atoms with Crippen LogP contribution in [0.25, 0.3) is 22.5 Å². The minimum atomic E-state index is -0.279. The summed E-state index contributed by atoms with van der Waals surface area (Å²) in [5, 5.41) is 7.63. The van der Waals surface area contributed by atoms with Crippen molar-refractivity contribution in [1.82, 2.24) is 14.6 Å². The number of nitrogens with zero attached hydrogens (tertiary/aromatic N) is 2. The summed E-state index contributed by atoms with van der Waals surface area (Å²) in [4.78, 5) is 7.86. The van der Waals surface area contributed by atoms with Crippen LogP contribution in [0, 0.1) is 11.2 Å². The maximum Gasteiger partial charge on any atom is 0.143 e. The molecule has 4 N–H and O–H groups in total. The Balaban J connectivity index is 2.18. The van der Waals surface area contributed by atoms with Crippen molar-refractivity contribution in [2.24, 2.45) is 0 Å². The molecule has 0 unspecified atom stereocenters. The largest absolute Gasteiger partial charge is 0.341 e. The third-order valence-electron chi connectivity index (χ3n) is 3.47. The molecule has 0 saturated carbocycles. The summed E-state index contributed by atoms with van der Waals surface area (Å²) >= 11 is 0. The van der Waals surface area contributed by atoms with Crippen molar-refractivity contribution >= 4 is 0 Å². The average molecular weight is 297 g/mol. The molecule has 0 aliphatic rings. The fourth-order valence-corrected chi connectivity index (χ4v) is 2.28. The van der Waals surface area contributed by atoms with E-state index in [4.69, 9.17) is 11.3 Å². The number of halogens is 1. The van der Waals surface area contributed by atoms with Crippen LogP contribution >= 0.6 is 0 Å². The highest BCUT2D eigenvalue weighted by molar-refractivity contribution is 5.78. The summed E-state index contributed by atoms with van der Waals surface area (Å²) < 4.78 is 14.4. The van der Waals surface area contributed by atoms with Gasteiger partial charge in [0.2, 0.25) is 0 Å². The van der Waals surface area contributed by atoms with Gasteiger partial charge in [0.05, 0.1) is 11.4 Å². The van der Waals surface area contributed by atoms with E-state index in [0.717, 1.165) is 34.8 Å². The van der Waals surface area contributed by atoms with E-state index < -0.39 is 0 Å². The first kappa shape index (κ1) is 14.1. The number of benzene rings is 1. The molecule has 5 nitrogen and oxygen atoms in total. The normalized spacial score (nSPS) is 10.8. The minimum Gasteiger partial charge on any atom is -0.341 e. The third kappa shape index (κ3) is 2.50. The van der Waals surface area contributed by atoms with E-state index in [0.29, 0.717) is 0 Å². The monoisotopic (exact) mass is 297 g/mol. The number of nitrogens with two attached hydrogens (primary N) is 1. The highest BCUT2D eigenvalue weighted by Gasteiger charge is 2.14. The number of imidazole rings is 1. The lowest BCUT2D eigenvalue weighted by Crippen LogP contribution is -2.25. The lowest BCUT2D eigenvalue weighted by atomic mass is 10.1. The fraction of sp³-hybridized carbons (Fsp3) is 0.125. The van der Waals surface area contributed by atoms with Gasteiger partial charge in [-0.3, -0.25) is 10.1 Å². The molecule has 0 bridgehead atoms. The van der Waals surface area contributed by atoms with Gasteiger partial charge in [0.15, 0.2) is 0 Å². The molecular weight excluding hydrogens is 281 g/mol. The Morgan fingerprint density at radius 2 is 1.86 bits per heavy atom. The van der Waals surface area contributed by atoms with Gasteiger partial charge < -0.3 is 10.8 Å². The number of nitrogen functional groups attached to an aromatic ring is 1. The summed E-state index contributed by atoms with van der Waals surface area (Å²) in [6, 6.07) is 9.67. The molecule has 6 heteroatoms. The molecule has 0 aliphatic heterocycles. The first-order chi connectivity index (χ1) is 10.6. The smallest absolute Gasteiger partial charge is 0.143 e. The van der Waals surface area contributed by atoms with Crippen LogP contribution in [0.15, 0.2) is 42.6 Å². The van der Waals surface area contributed by atoms with Crippen molar-refractivity contribution in [3.05, 3.63) is 59.7 Å². The number of nitrogens with one attached hydrogen (secondary N) is 2. The van der Waals surface area contributed by atoms with E-state index in [-0.39, 0.29) is 11.3 Å². The van der Waals surface area contributed by atoms with Crippen LogP contribution in [-0.2, 0) is 6.42 Å². The van der Waals surface area contributed by atoms with E-state index in [1.54, 1.807) is 30.5 Å². The van der Waals surface area contributed by atoms with Crippen LogP contribution < -0.4 is 11.3 Å². The van der Waals surface area contributed by atoms with E-state index in [1.807, 2.05) is 6.92 Å². The zero-order valence-corrected chi connectivity index (χ0v) is 12.1. The van der Waals surface area contributed by atoms with Crippen molar-refractivity contribution in [1.29, 1.82) is 5.41 Å². The second-order valence-electron chi connectivity index (χ2n) is 4.98. The predicted octanol–water partition coefficient (Wildman–Crippen LogP) is 2.44. The Morgan fingerprint density at radius 1 is 1.18 bits per heavy atom. The van der Waals surface area contributed by atoms with Crippen molar-refractivity contribution in [3.63, 3.8) is 0 Å². The van der Waals surface area contributed by atoms with Gasteiger partial charge in [0.25, 0.3) is 0 Å². The summed E-state index contributed by atoms with van der Waals surface area (Å²) in [5.74, 6) is 6.31. The predicted molar refractivity (Wildman–Crippen MR) is 82.8 cm³/mol. The molecule has 0 spiro atoms. The number of pyridine rings is 1. The molecule has 3 aromatic rings. The molecule has 3 rings (SSSR count). The Morgan fingerprint density at radius 3 is 2.50 bits per heavy atom. The summed E-state index contributed by atoms with van der Waals surface area (Å²) in [6.07, 6.45) is 2.41. The molecule has 2 heterocycles. The van der Waals surface area contributed by atoms with Crippen LogP contribution in [-0.4, -0.2) is 14.6 Å². The highest BCUT2D eigenvalue weighted by atomic mass is 19.1. The number of rotatable bonds is 3. The zero-order chi connectivity index (χ0) is 15.7. The van der Waals surface area contributed by atoms with E-state index >= 15 is 0 Å². The van der Waals surface area contributed by atoms with Crippen LogP contribution in [0.1, 0.15) is 12.7 Å². The van der Waals surface area contributed by atoms with Crippen molar-refractivity contribution in [3.8, 4) is 22.5 Å². The van der Waals surface area contributed by atoms with Crippen LogP contribution in [0.2, 0.25) is 0 Å². The average Bonchev–Trinajstić information content (AvgIpc) is 2.95. The molecule has 0 fully saturated rings. The van der Waals surface area contributed by atoms with E-state index in [1.165, 1.54) is 16.8 Å². The maximum atomic E-state index is 13.1. The van der Waals surface area contributed by atoms with Gasteiger partial charge in [0.1, 0.15) is 17.1 Å². The van der Waals surface area contributed by atoms with E-state index in [9.17, 15) is 4.39 Å². The number of hydrogen-bond donors (Lipinski definition) is 3. The standard InChI is InChI=1S/C16H16FN5/c1-2-14-20-15(10-3-6-12(17)7-4-10)16(21-14)11-5-8-13(18)22(19)9-11/h3-9,18H,2,19H2,1H3,(H,20,21). The Bertz CT molecular complexity index is 861. The van der Waals surface area contributed by atoms with Gasteiger partial charge in [-0.15, -0.1) is 0 Å². The number of H-pyrrole nitrogens is 1. The van der Waals surface area contributed by atoms with E-state index in [2.05, 4.69) is 9.97 Å². The summed E-state index contributed by atoms with van der Waals surface area (Å²) in [6.45, 7) is 2.01. The number of aryl methyl sites for hydroxylation is 1. The number of aromatic amines is 1. The van der Waals surface area contributed by atoms with Crippen LogP contribution in [0.3, 0.4) is 0 Å². The molecule has 2 aromatic heterocycles. The van der Waals surface area contributed by atoms with Crippen molar-refractivity contribution < 1.29 is 4.39 Å². The second-order valence-corrected chi connectivity index (χ2v) is 4.98. The summed E-state index contributed by atoms with van der Waals surface area (Å²) in [5.41, 5.74) is 3.41. The quantitative estimate of drug-likeness (QED) is 0.649. The lowest BCUT2D eigenvalue weighted by Gasteiger charge is -2.05. The molecule has 112 valence electrons.